The predicted molar refractivity (Wildman–Crippen MR) is 168 cm³/mol. The van der Waals surface area contributed by atoms with E-state index in [1.54, 1.807) is 61.5 Å². The molecular weight excluding hydrogens is 597 g/mol. The zero-order chi connectivity index (χ0) is 30.9. The second-order valence-electron chi connectivity index (χ2n) is 9.72. The number of anilines is 1. The predicted octanol–water partition coefficient (Wildman–Crippen LogP) is 6.23. The lowest BCUT2D eigenvalue weighted by molar-refractivity contribution is -0.140. The van der Waals surface area contributed by atoms with Crippen LogP contribution < -0.4 is 14.4 Å². The summed E-state index contributed by atoms with van der Waals surface area (Å²) in [7, 11) is -4.19. The van der Waals surface area contributed by atoms with Crippen LogP contribution in [0.1, 0.15) is 44.7 Å². The van der Waals surface area contributed by atoms with Crippen molar-refractivity contribution in [3.05, 3.63) is 87.9 Å². The highest BCUT2D eigenvalue weighted by Gasteiger charge is 2.34. The SMILES string of the molecule is CCCNC(=O)[C@@H](CC)N(Cc1ccc(Cl)cc1Cl)C(=O)CN(c1ccc(C)cc1)S(=O)(=O)c1ccc(OCC)cc1. The van der Waals surface area contributed by atoms with Gasteiger partial charge >= 0.3 is 0 Å². The number of carbonyl (C=O) groups is 2. The van der Waals surface area contributed by atoms with Crippen LogP contribution in [0.15, 0.2) is 71.6 Å². The van der Waals surface area contributed by atoms with E-state index in [2.05, 4.69) is 5.32 Å². The number of carbonyl (C=O) groups excluding carboxylic acids is 2. The van der Waals surface area contributed by atoms with Crippen LogP contribution in [0.25, 0.3) is 0 Å². The van der Waals surface area contributed by atoms with Gasteiger partial charge in [0.1, 0.15) is 18.3 Å². The number of sulfonamides is 1. The topological polar surface area (TPSA) is 96.0 Å². The van der Waals surface area contributed by atoms with E-state index < -0.39 is 28.5 Å². The third-order valence-corrected chi connectivity index (χ3v) is 8.99. The minimum atomic E-state index is -4.19. The largest absolute Gasteiger partial charge is 0.494 e. The first kappa shape index (κ1) is 33.2. The summed E-state index contributed by atoms with van der Waals surface area (Å²) >= 11 is 12.5. The Hall–Kier alpha value is -3.27. The quantitative estimate of drug-likeness (QED) is 0.227. The number of nitrogens with zero attached hydrogens (tertiary/aromatic N) is 2. The Balaban J connectivity index is 2.06. The Labute approximate surface area is 258 Å². The minimum absolute atomic E-state index is 0.000598. The molecule has 0 aliphatic carbocycles. The van der Waals surface area contributed by atoms with Crippen molar-refractivity contribution in [2.45, 2.75) is 58.0 Å². The second-order valence-corrected chi connectivity index (χ2v) is 12.4. The lowest BCUT2D eigenvalue weighted by atomic mass is 10.1. The van der Waals surface area contributed by atoms with Gasteiger partial charge in [-0.2, -0.15) is 0 Å². The van der Waals surface area contributed by atoms with Gasteiger partial charge in [0.25, 0.3) is 10.0 Å². The van der Waals surface area contributed by atoms with Crippen LogP contribution in [0.2, 0.25) is 10.0 Å². The number of rotatable bonds is 14. The highest BCUT2D eigenvalue weighted by Crippen LogP contribution is 2.28. The highest BCUT2D eigenvalue weighted by molar-refractivity contribution is 7.92. The van der Waals surface area contributed by atoms with Gasteiger partial charge in [0.2, 0.25) is 11.8 Å². The Bertz CT molecular complexity index is 1460. The maximum atomic E-state index is 14.1. The Morgan fingerprint density at radius 2 is 1.62 bits per heavy atom. The van der Waals surface area contributed by atoms with E-state index in [-0.39, 0.29) is 17.3 Å². The zero-order valence-corrected chi connectivity index (χ0v) is 26.6. The van der Waals surface area contributed by atoms with Gasteiger partial charge in [-0.25, -0.2) is 8.42 Å². The third-order valence-electron chi connectivity index (χ3n) is 6.61. The Kier molecular flexibility index (Phi) is 12.1. The van der Waals surface area contributed by atoms with Gasteiger partial charge in [-0.3, -0.25) is 13.9 Å². The van der Waals surface area contributed by atoms with Crippen molar-refractivity contribution in [2.24, 2.45) is 0 Å². The zero-order valence-electron chi connectivity index (χ0n) is 24.3. The van der Waals surface area contributed by atoms with Gasteiger partial charge in [-0.05, 0) is 80.8 Å². The van der Waals surface area contributed by atoms with E-state index in [9.17, 15) is 18.0 Å². The van der Waals surface area contributed by atoms with Gasteiger partial charge in [0.15, 0.2) is 0 Å². The first-order valence-electron chi connectivity index (χ1n) is 13.8. The van der Waals surface area contributed by atoms with Crippen LogP contribution in [-0.2, 0) is 26.2 Å². The maximum Gasteiger partial charge on any atom is 0.264 e. The molecule has 3 rings (SSSR count). The molecule has 0 radical (unpaired) electrons. The summed E-state index contributed by atoms with van der Waals surface area (Å²) in [5.74, 6) is -0.354. The molecule has 0 aliphatic rings. The number of aryl methyl sites for hydroxylation is 1. The summed E-state index contributed by atoms with van der Waals surface area (Å²) < 4.78 is 34.5. The fourth-order valence-corrected chi connectivity index (χ4v) is 6.24. The van der Waals surface area contributed by atoms with Gasteiger partial charge < -0.3 is 15.0 Å². The molecule has 42 heavy (non-hydrogen) atoms. The maximum absolute atomic E-state index is 14.1. The van der Waals surface area contributed by atoms with Crippen molar-refractivity contribution < 1.29 is 22.7 Å². The normalized spacial score (nSPS) is 12.0. The van der Waals surface area contributed by atoms with E-state index >= 15 is 0 Å². The van der Waals surface area contributed by atoms with E-state index in [0.717, 1.165) is 16.3 Å². The van der Waals surface area contributed by atoms with Crippen LogP contribution >= 0.6 is 23.2 Å². The molecule has 0 fully saturated rings. The third kappa shape index (κ3) is 8.40. The van der Waals surface area contributed by atoms with Crippen molar-refractivity contribution in [1.29, 1.82) is 0 Å². The highest BCUT2D eigenvalue weighted by atomic mass is 35.5. The average molecular weight is 635 g/mol. The molecule has 2 amide bonds. The van der Waals surface area contributed by atoms with Crippen LogP contribution in [0.5, 0.6) is 5.75 Å². The molecule has 3 aromatic carbocycles. The molecule has 1 atom stereocenters. The number of hydrogen-bond donors (Lipinski definition) is 1. The number of ether oxygens (including phenoxy) is 1. The van der Waals surface area contributed by atoms with Crippen LogP contribution in [-0.4, -0.2) is 50.9 Å². The van der Waals surface area contributed by atoms with Gasteiger partial charge in [0.05, 0.1) is 17.2 Å². The summed E-state index contributed by atoms with van der Waals surface area (Å²) in [5, 5.41) is 3.63. The standard InChI is InChI=1S/C31H37Cl2N3O5S/c1-5-18-34-31(38)29(6-2)35(20-23-10-11-24(32)19-28(23)33)30(37)21-36(25-12-8-22(4)9-13-25)42(39,40)27-16-14-26(15-17-27)41-7-3/h8-17,19,29H,5-7,18,20-21H2,1-4H3,(H,34,38)/t29-/m1/s1. The van der Waals surface area contributed by atoms with Crippen LogP contribution in [0.4, 0.5) is 5.69 Å². The summed E-state index contributed by atoms with van der Waals surface area (Å²) in [4.78, 5) is 28.7. The first-order valence-corrected chi connectivity index (χ1v) is 16.0. The summed E-state index contributed by atoms with van der Waals surface area (Å²) in [6.45, 7) is 7.79. The van der Waals surface area contributed by atoms with Crippen molar-refractivity contribution in [3.63, 3.8) is 0 Å². The molecule has 11 heteroatoms. The van der Waals surface area contributed by atoms with Gasteiger partial charge in [0, 0.05) is 23.1 Å². The number of nitrogens with one attached hydrogen (secondary N) is 1. The van der Waals surface area contributed by atoms with E-state index in [0.29, 0.717) is 46.6 Å². The first-order chi connectivity index (χ1) is 20.0. The van der Waals surface area contributed by atoms with Crippen molar-refractivity contribution in [1.82, 2.24) is 10.2 Å². The number of halogens is 2. The molecule has 1 N–H and O–H groups in total. The molecule has 0 saturated carbocycles. The minimum Gasteiger partial charge on any atom is -0.494 e. The molecular formula is C31H37Cl2N3O5S. The lowest BCUT2D eigenvalue weighted by Crippen LogP contribution is -2.52. The summed E-state index contributed by atoms with van der Waals surface area (Å²) in [5.41, 5.74) is 1.82. The molecule has 0 saturated heterocycles. The van der Waals surface area contributed by atoms with Crippen molar-refractivity contribution in [2.75, 3.05) is 24.0 Å². The number of amides is 2. The van der Waals surface area contributed by atoms with Gasteiger partial charge in [-0.15, -0.1) is 0 Å². The Morgan fingerprint density at radius 1 is 0.952 bits per heavy atom. The molecule has 0 heterocycles. The second kappa shape index (κ2) is 15.3. The van der Waals surface area contributed by atoms with E-state index in [1.165, 1.54) is 17.0 Å². The molecule has 0 aliphatic heterocycles. The molecule has 226 valence electrons. The Morgan fingerprint density at radius 3 is 2.19 bits per heavy atom. The molecule has 0 unspecified atom stereocenters. The fraction of sp³-hybridized carbons (Fsp3) is 0.355. The number of hydrogen-bond acceptors (Lipinski definition) is 5. The van der Waals surface area contributed by atoms with Crippen molar-refractivity contribution >= 4 is 50.7 Å². The molecule has 3 aromatic rings. The smallest absolute Gasteiger partial charge is 0.264 e. The summed E-state index contributed by atoms with van der Waals surface area (Å²) in [6.07, 6.45) is 1.03. The lowest BCUT2D eigenvalue weighted by Gasteiger charge is -2.33. The molecule has 0 aromatic heterocycles. The van der Waals surface area contributed by atoms with Gasteiger partial charge in [-0.1, -0.05) is 60.8 Å². The number of benzene rings is 3. The molecule has 8 nitrogen and oxygen atoms in total. The monoisotopic (exact) mass is 633 g/mol. The molecule has 0 bridgehead atoms. The van der Waals surface area contributed by atoms with Crippen molar-refractivity contribution in [3.8, 4) is 5.75 Å². The van der Waals surface area contributed by atoms with Crippen LogP contribution in [0, 0.1) is 6.92 Å². The van der Waals surface area contributed by atoms with Crippen LogP contribution in [0.3, 0.4) is 0 Å². The van der Waals surface area contributed by atoms with E-state index in [1.807, 2.05) is 20.8 Å². The van der Waals surface area contributed by atoms with E-state index in [4.69, 9.17) is 27.9 Å². The fourth-order valence-electron chi connectivity index (χ4n) is 4.36. The summed E-state index contributed by atoms with van der Waals surface area (Å²) in [6, 6.07) is 17.0. The average Bonchev–Trinajstić information content (AvgIpc) is 2.96. The molecule has 0 spiro atoms.